The lowest BCUT2D eigenvalue weighted by Crippen LogP contribution is -2.65. The van der Waals surface area contributed by atoms with Gasteiger partial charge in [0.25, 0.3) is 5.91 Å². The van der Waals surface area contributed by atoms with Crippen LogP contribution in [0.4, 0.5) is 0 Å². The zero-order chi connectivity index (χ0) is 21.3. The number of aromatic nitrogens is 1. The summed E-state index contributed by atoms with van der Waals surface area (Å²) in [6.07, 6.45) is 13.1. The van der Waals surface area contributed by atoms with E-state index < -0.39 is 5.54 Å². The van der Waals surface area contributed by atoms with E-state index in [0.29, 0.717) is 12.1 Å². The van der Waals surface area contributed by atoms with E-state index in [1.165, 1.54) is 19.3 Å². The third kappa shape index (κ3) is 3.54. The third-order valence-corrected chi connectivity index (χ3v) is 7.60. The SMILES string of the molecule is O=C(NCc1cccnc1)C1c2ccccc2C(=O)N(C2CCCC2)C12CCCCC2. The van der Waals surface area contributed by atoms with E-state index >= 15 is 0 Å². The van der Waals surface area contributed by atoms with Gasteiger partial charge in [0.05, 0.1) is 11.5 Å². The van der Waals surface area contributed by atoms with E-state index in [0.717, 1.165) is 49.7 Å². The van der Waals surface area contributed by atoms with Crippen LogP contribution < -0.4 is 5.32 Å². The van der Waals surface area contributed by atoms with Crippen LogP contribution >= 0.6 is 0 Å². The maximum atomic E-state index is 13.8. The summed E-state index contributed by atoms with van der Waals surface area (Å²) >= 11 is 0. The van der Waals surface area contributed by atoms with Gasteiger partial charge in [-0.2, -0.15) is 0 Å². The Morgan fingerprint density at radius 3 is 2.55 bits per heavy atom. The lowest BCUT2D eigenvalue weighted by atomic mass is 9.64. The lowest BCUT2D eigenvalue weighted by Gasteiger charge is -2.56. The normalized spacial score (nSPS) is 23.0. The topological polar surface area (TPSA) is 62.3 Å². The molecule has 2 aliphatic carbocycles. The van der Waals surface area contributed by atoms with E-state index in [-0.39, 0.29) is 23.8 Å². The first-order chi connectivity index (χ1) is 15.2. The van der Waals surface area contributed by atoms with Gasteiger partial charge in [-0.1, -0.05) is 56.4 Å². The fraction of sp³-hybridized carbons (Fsp3) is 0.500. The minimum atomic E-state index is -0.405. The highest BCUT2D eigenvalue weighted by Gasteiger charge is 2.56. The number of benzene rings is 1. The van der Waals surface area contributed by atoms with Crippen molar-refractivity contribution in [2.75, 3.05) is 0 Å². The Kier molecular flexibility index (Phi) is 5.51. The monoisotopic (exact) mass is 417 g/mol. The number of amides is 2. The van der Waals surface area contributed by atoms with Gasteiger partial charge in [-0.25, -0.2) is 0 Å². The van der Waals surface area contributed by atoms with Crippen molar-refractivity contribution in [3.8, 4) is 0 Å². The summed E-state index contributed by atoms with van der Waals surface area (Å²) in [6.45, 7) is 0.457. The van der Waals surface area contributed by atoms with Gasteiger partial charge in [-0.15, -0.1) is 0 Å². The fourth-order valence-corrected chi connectivity index (χ4v) is 6.27. The second kappa shape index (κ2) is 8.45. The summed E-state index contributed by atoms with van der Waals surface area (Å²) in [5.41, 5.74) is 2.21. The number of carbonyl (C=O) groups is 2. The van der Waals surface area contributed by atoms with Gasteiger partial charge in [0.15, 0.2) is 0 Å². The van der Waals surface area contributed by atoms with Gasteiger partial charge in [-0.3, -0.25) is 14.6 Å². The van der Waals surface area contributed by atoms with Crippen LogP contribution in [0.1, 0.15) is 85.2 Å². The zero-order valence-corrected chi connectivity index (χ0v) is 18.1. The number of nitrogens with one attached hydrogen (secondary N) is 1. The molecule has 1 aromatic carbocycles. The highest BCUT2D eigenvalue weighted by Crippen LogP contribution is 2.51. The quantitative estimate of drug-likeness (QED) is 0.792. The number of nitrogens with zero attached hydrogens (tertiary/aromatic N) is 2. The zero-order valence-electron chi connectivity index (χ0n) is 18.1. The number of hydrogen-bond acceptors (Lipinski definition) is 3. The van der Waals surface area contributed by atoms with Crippen LogP contribution in [0.25, 0.3) is 0 Å². The van der Waals surface area contributed by atoms with Crippen molar-refractivity contribution in [1.29, 1.82) is 0 Å². The Morgan fingerprint density at radius 1 is 1.03 bits per heavy atom. The Hall–Kier alpha value is -2.69. The smallest absolute Gasteiger partial charge is 0.254 e. The maximum Gasteiger partial charge on any atom is 0.254 e. The standard InChI is InChI=1S/C26H31N3O2/c30-24(28-18-19-9-8-16-27-17-19)23-21-12-4-5-13-22(21)25(31)29(20-10-2-3-11-20)26(23)14-6-1-7-15-26/h4-5,8-9,12-13,16-17,20,23H,1-3,6-7,10-11,14-15,18H2,(H,28,30). The molecule has 5 nitrogen and oxygen atoms in total. The summed E-state index contributed by atoms with van der Waals surface area (Å²) in [5, 5.41) is 3.19. The van der Waals surface area contributed by atoms with Crippen LogP contribution in [0.2, 0.25) is 0 Å². The number of hydrogen-bond donors (Lipinski definition) is 1. The average molecular weight is 418 g/mol. The van der Waals surface area contributed by atoms with E-state index in [4.69, 9.17) is 0 Å². The van der Waals surface area contributed by atoms with E-state index in [9.17, 15) is 9.59 Å². The molecule has 2 fully saturated rings. The van der Waals surface area contributed by atoms with E-state index in [1.807, 2.05) is 36.4 Å². The van der Waals surface area contributed by atoms with Crippen molar-refractivity contribution < 1.29 is 9.59 Å². The molecule has 5 rings (SSSR count). The Labute approximate surface area is 184 Å². The second-order valence-electron chi connectivity index (χ2n) is 9.38. The molecule has 1 unspecified atom stereocenters. The van der Waals surface area contributed by atoms with Crippen molar-refractivity contribution in [2.45, 2.75) is 81.8 Å². The predicted molar refractivity (Wildman–Crippen MR) is 120 cm³/mol. The molecule has 1 spiro atoms. The Morgan fingerprint density at radius 2 is 1.81 bits per heavy atom. The molecule has 1 aliphatic heterocycles. The lowest BCUT2D eigenvalue weighted by molar-refractivity contribution is -0.128. The largest absolute Gasteiger partial charge is 0.351 e. The summed E-state index contributed by atoms with van der Waals surface area (Å²) < 4.78 is 0. The number of rotatable bonds is 4. The highest BCUT2D eigenvalue weighted by atomic mass is 16.2. The maximum absolute atomic E-state index is 13.8. The first-order valence-electron chi connectivity index (χ1n) is 11.8. The molecular formula is C26H31N3O2. The van der Waals surface area contributed by atoms with Gasteiger partial charge in [-0.05, 0) is 48.9 Å². The van der Waals surface area contributed by atoms with E-state index in [2.05, 4.69) is 15.2 Å². The third-order valence-electron chi connectivity index (χ3n) is 7.60. The van der Waals surface area contributed by atoms with Crippen molar-refractivity contribution in [1.82, 2.24) is 15.2 Å². The van der Waals surface area contributed by atoms with Crippen molar-refractivity contribution in [3.05, 3.63) is 65.5 Å². The molecule has 1 N–H and O–H groups in total. The molecule has 3 aliphatic rings. The molecule has 1 atom stereocenters. The Bertz CT molecular complexity index is 946. The number of fused-ring (bicyclic) bond motifs is 1. The van der Waals surface area contributed by atoms with Crippen LogP contribution in [0, 0.1) is 0 Å². The molecule has 31 heavy (non-hydrogen) atoms. The molecule has 0 bridgehead atoms. The number of carbonyl (C=O) groups excluding carboxylic acids is 2. The number of pyridine rings is 1. The fourth-order valence-electron chi connectivity index (χ4n) is 6.27. The molecule has 5 heteroatoms. The van der Waals surface area contributed by atoms with Gasteiger partial charge in [0.1, 0.15) is 0 Å². The van der Waals surface area contributed by atoms with Gasteiger partial charge >= 0.3 is 0 Å². The van der Waals surface area contributed by atoms with Crippen LogP contribution in [0.15, 0.2) is 48.8 Å². The van der Waals surface area contributed by atoms with Crippen molar-refractivity contribution >= 4 is 11.8 Å². The first kappa shape index (κ1) is 20.2. The summed E-state index contributed by atoms with van der Waals surface area (Å²) in [6, 6.07) is 11.9. The van der Waals surface area contributed by atoms with Gasteiger partial charge in [0, 0.05) is 30.5 Å². The highest BCUT2D eigenvalue weighted by molar-refractivity contribution is 6.02. The summed E-state index contributed by atoms with van der Waals surface area (Å²) in [4.78, 5) is 34.0. The van der Waals surface area contributed by atoms with Crippen LogP contribution in [0.5, 0.6) is 0 Å². The Balaban J connectivity index is 1.56. The molecular weight excluding hydrogens is 386 g/mol. The van der Waals surface area contributed by atoms with Crippen molar-refractivity contribution in [2.24, 2.45) is 0 Å². The average Bonchev–Trinajstić information content (AvgIpc) is 3.33. The molecule has 2 amide bonds. The van der Waals surface area contributed by atoms with Crippen LogP contribution in [-0.2, 0) is 11.3 Å². The molecule has 2 saturated carbocycles. The summed E-state index contributed by atoms with van der Waals surface area (Å²) in [5.74, 6) is -0.145. The minimum Gasteiger partial charge on any atom is -0.351 e. The molecule has 1 aromatic heterocycles. The molecule has 162 valence electrons. The van der Waals surface area contributed by atoms with Crippen LogP contribution in [-0.4, -0.2) is 33.3 Å². The molecule has 0 saturated heterocycles. The molecule has 2 aromatic rings. The van der Waals surface area contributed by atoms with Crippen LogP contribution in [0.3, 0.4) is 0 Å². The predicted octanol–water partition coefficient (Wildman–Crippen LogP) is 4.58. The van der Waals surface area contributed by atoms with Gasteiger partial charge in [0.2, 0.25) is 5.91 Å². The molecule has 2 heterocycles. The molecule has 0 radical (unpaired) electrons. The van der Waals surface area contributed by atoms with Gasteiger partial charge < -0.3 is 10.2 Å². The second-order valence-corrected chi connectivity index (χ2v) is 9.38. The minimum absolute atomic E-state index is 0.0358. The van der Waals surface area contributed by atoms with E-state index in [1.54, 1.807) is 12.4 Å². The first-order valence-corrected chi connectivity index (χ1v) is 11.8. The summed E-state index contributed by atoms with van der Waals surface area (Å²) in [7, 11) is 0. The van der Waals surface area contributed by atoms with Crippen molar-refractivity contribution in [3.63, 3.8) is 0 Å².